The van der Waals surface area contributed by atoms with Crippen LogP contribution in [0.3, 0.4) is 0 Å². The minimum Gasteiger partial charge on any atom is -0.460 e. The second-order valence-corrected chi connectivity index (χ2v) is 6.32. The largest absolute Gasteiger partial charge is 0.460 e. The number of nitrogens with zero attached hydrogens (tertiary/aromatic N) is 1. The summed E-state index contributed by atoms with van der Waals surface area (Å²) in [6, 6.07) is 11.9. The van der Waals surface area contributed by atoms with E-state index in [4.69, 9.17) is 4.42 Å². The molecule has 26 heavy (non-hydrogen) atoms. The molecule has 0 radical (unpaired) electrons. The van der Waals surface area contributed by atoms with E-state index in [2.05, 4.69) is 13.8 Å². The zero-order valence-corrected chi connectivity index (χ0v) is 15.0. The number of hydrogen-bond donors (Lipinski definition) is 0. The van der Waals surface area contributed by atoms with Gasteiger partial charge in [0.05, 0.1) is 10.5 Å². The van der Waals surface area contributed by atoms with Gasteiger partial charge in [-0.2, -0.15) is 0 Å². The number of non-ortho nitro benzene ring substituents is 1. The van der Waals surface area contributed by atoms with E-state index in [-0.39, 0.29) is 11.5 Å². The highest BCUT2D eigenvalue weighted by atomic mass is 16.6. The number of nitro groups is 1. The summed E-state index contributed by atoms with van der Waals surface area (Å²) in [6.07, 6.45) is 3.39. The Balaban J connectivity index is 2.14. The molecule has 1 aromatic heterocycles. The second-order valence-electron chi connectivity index (χ2n) is 6.32. The average Bonchev–Trinajstić information content (AvgIpc) is 3.03. The Hall–Kier alpha value is -2.95. The van der Waals surface area contributed by atoms with E-state index < -0.39 is 4.92 Å². The number of nitro benzene ring substituents is 1. The summed E-state index contributed by atoms with van der Waals surface area (Å²) in [5.74, 6) is 0.449. The molecule has 0 aliphatic rings. The number of hydrogen-bond acceptors (Lipinski definition) is 4. The van der Waals surface area contributed by atoms with Gasteiger partial charge in [0.2, 0.25) is 0 Å². The molecule has 2 aromatic carbocycles. The van der Waals surface area contributed by atoms with E-state index in [1.54, 1.807) is 18.2 Å². The van der Waals surface area contributed by atoms with Crippen molar-refractivity contribution in [2.24, 2.45) is 0 Å². The zero-order valence-electron chi connectivity index (χ0n) is 15.0. The summed E-state index contributed by atoms with van der Waals surface area (Å²) in [5.41, 5.74) is 2.63. The van der Waals surface area contributed by atoms with Crippen LogP contribution in [0, 0.1) is 10.1 Å². The zero-order chi connectivity index (χ0) is 18.7. The highest BCUT2D eigenvalue weighted by molar-refractivity contribution is 6.17. The Bertz CT molecular complexity index is 954. The van der Waals surface area contributed by atoms with Crippen molar-refractivity contribution in [2.45, 2.75) is 39.5 Å². The third-order valence-electron chi connectivity index (χ3n) is 4.56. The first-order chi connectivity index (χ1) is 12.5. The van der Waals surface area contributed by atoms with Gasteiger partial charge in [-0.05, 0) is 24.5 Å². The number of furan rings is 1. The van der Waals surface area contributed by atoms with Crippen LogP contribution in [0.15, 0.2) is 46.9 Å². The minimum absolute atomic E-state index is 0.0456. The number of unbranched alkanes of at least 4 members (excludes halogenated alkanes) is 1. The predicted molar refractivity (Wildman–Crippen MR) is 101 cm³/mol. The van der Waals surface area contributed by atoms with Crippen LogP contribution >= 0.6 is 0 Å². The van der Waals surface area contributed by atoms with Gasteiger partial charge in [0.15, 0.2) is 5.78 Å². The average molecular weight is 351 g/mol. The lowest BCUT2D eigenvalue weighted by atomic mass is 9.97. The van der Waals surface area contributed by atoms with Crippen molar-refractivity contribution in [3.8, 4) is 0 Å². The van der Waals surface area contributed by atoms with Gasteiger partial charge in [-0.15, -0.1) is 0 Å². The lowest BCUT2D eigenvalue weighted by Crippen LogP contribution is -2.04. The molecular weight excluding hydrogens is 330 g/mol. The van der Waals surface area contributed by atoms with Crippen molar-refractivity contribution < 1.29 is 14.1 Å². The van der Waals surface area contributed by atoms with E-state index in [1.165, 1.54) is 12.1 Å². The van der Waals surface area contributed by atoms with Crippen molar-refractivity contribution in [1.82, 2.24) is 0 Å². The van der Waals surface area contributed by atoms with Crippen LogP contribution in [-0.2, 0) is 12.8 Å². The first-order valence-electron chi connectivity index (χ1n) is 8.88. The van der Waals surface area contributed by atoms with E-state index in [0.717, 1.165) is 24.8 Å². The second kappa shape index (κ2) is 7.52. The fourth-order valence-corrected chi connectivity index (χ4v) is 3.05. The summed E-state index contributed by atoms with van der Waals surface area (Å²) in [6.45, 7) is 4.13. The van der Waals surface area contributed by atoms with Crippen LogP contribution < -0.4 is 0 Å². The number of carbonyl (C=O) groups excluding carboxylic acids is 1. The minimum atomic E-state index is -0.456. The highest BCUT2D eigenvalue weighted by Gasteiger charge is 2.23. The van der Waals surface area contributed by atoms with Crippen molar-refractivity contribution in [3.63, 3.8) is 0 Å². The molecule has 0 amide bonds. The Morgan fingerprint density at radius 2 is 1.85 bits per heavy atom. The number of ketones is 1. The molecule has 134 valence electrons. The van der Waals surface area contributed by atoms with Crippen LogP contribution in [0.4, 0.5) is 5.69 Å². The van der Waals surface area contributed by atoms with Gasteiger partial charge in [0, 0.05) is 29.5 Å². The summed E-state index contributed by atoms with van der Waals surface area (Å²) in [5, 5.41) is 11.6. The third kappa shape index (κ3) is 3.38. The number of rotatable bonds is 7. The van der Waals surface area contributed by atoms with Gasteiger partial charge in [0.1, 0.15) is 11.3 Å². The number of fused-ring (bicyclic) bond motifs is 1. The molecule has 5 heteroatoms. The molecule has 5 nitrogen and oxygen atoms in total. The summed E-state index contributed by atoms with van der Waals surface area (Å²) >= 11 is 0. The Morgan fingerprint density at radius 3 is 2.46 bits per heavy atom. The first kappa shape index (κ1) is 17.9. The van der Waals surface area contributed by atoms with E-state index >= 15 is 0 Å². The van der Waals surface area contributed by atoms with E-state index in [1.807, 2.05) is 12.1 Å². The molecule has 0 bridgehead atoms. The molecule has 0 fully saturated rings. The van der Waals surface area contributed by atoms with Gasteiger partial charge in [0.25, 0.3) is 5.69 Å². The first-order valence-corrected chi connectivity index (χ1v) is 8.88. The summed E-state index contributed by atoms with van der Waals surface area (Å²) in [4.78, 5) is 23.8. The summed E-state index contributed by atoms with van der Waals surface area (Å²) < 4.78 is 5.88. The number of carbonyl (C=O) groups is 1. The molecule has 0 atom stereocenters. The van der Waals surface area contributed by atoms with Crippen molar-refractivity contribution >= 4 is 22.4 Å². The molecule has 0 saturated carbocycles. The summed E-state index contributed by atoms with van der Waals surface area (Å²) in [7, 11) is 0. The Labute approximate surface area is 151 Å². The molecule has 3 aromatic rings. The quantitative estimate of drug-likeness (QED) is 0.321. The maximum absolute atomic E-state index is 13.2. The SMILES string of the molecule is CCCCc1oc2ccc([N+](=O)[O-])cc2c1C(=O)c1ccc(CC)cc1. The molecule has 0 saturated heterocycles. The monoisotopic (exact) mass is 351 g/mol. The van der Waals surface area contributed by atoms with Crippen molar-refractivity contribution in [2.75, 3.05) is 0 Å². The molecule has 3 rings (SSSR count). The lowest BCUT2D eigenvalue weighted by Gasteiger charge is -2.04. The fraction of sp³-hybridized carbons (Fsp3) is 0.286. The Morgan fingerprint density at radius 1 is 1.12 bits per heavy atom. The third-order valence-corrected chi connectivity index (χ3v) is 4.56. The van der Waals surface area contributed by atoms with Crippen LogP contribution in [0.25, 0.3) is 11.0 Å². The van der Waals surface area contributed by atoms with Gasteiger partial charge in [-0.3, -0.25) is 14.9 Å². The molecule has 0 unspecified atom stereocenters. The maximum atomic E-state index is 13.2. The van der Waals surface area contributed by atoms with Crippen LogP contribution in [-0.4, -0.2) is 10.7 Å². The predicted octanol–water partition coefficient (Wildman–Crippen LogP) is 5.48. The number of aryl methyl sites for hydroxylation is 2. The van der Waals surface area contributed by atoms with Gasteiger partial charge < -0.3 is 4.42 Å². The maximum Gasteiger partial charge on any atom is 0.270 e. The molecule has 0 aliphatic carbocycles. The molecule has 0 N–H and O–H groups in total. The van der Waals surface area contributed by atoms with Gasteiger partial charge in [-0.25, -0.2) is 0 Å². The standard InChI is InChI=1S/C21H21NO4/c1-3-5-6-19-20(21(23)15-9-7-14(4-2)8-10-15)17-13-16(22(24)25)11-12-18(17)26-19/h7-13H,3-6H2,1-2H3. The molecular formula is C21H21NO4. The molecule has 0 spiro atoms. The molecule has 0 aliphatic heterocycles. The van der Waals surface area contributed by atoms with E-state index in [0.29, 0.717) is 34.3 Å². The van der Waals surface area contributed by atoms with Crippen LogP contribution in [0.1, 0.15) is 53.9 Å². The van der Waals surface area contributed by atoms with Gasteiger partial charge in [-0.1, -0.05) is 44.5 Å². The van der Waals surface area contributed by atoms with Crippen molar-refractivity contribution in [1.29, 1.82) is 0 Å². The van der Waals surface area contributed by atoms with Crippen molar-refractivity contribution in [3.05, 3.63) is 75.0 Å². The van der Waals surface area contributed by atoms with E-state index in [9.17, 15) is 14.9 Å². The smallest absolute Gasteiger partial charge is 0.270 e. The topological polar surface area (TPSA) is 73.3 Å². The van der Waals surface area contributed by atoms with Crippen LogP contribution in [0.2, 0.25) is 0 Å². The van der Waals surface area contributed by atoms with Gasteiger partial charge >= 0.3 is 0 Å². The number of benzene rings is 2. The normalized spacial score (nSPS) is 11.0. The fourth-order valence-electron chi connectivity index (χ4n) is 3.05. The van der Waals surface area contributed by atoms with Crippen LogP contribution in [0.5, 0.6) is 0 Å². The molecule has 1 heterocycles. The Kier molecular flexibility index (Phi) is 5.16. The lowest BCUT2D eigenvalue weighted by molar-refractivity contribution is -0.384. The highest BCUT2D eigenvalue weighted by Crippen LogP contribution is 2.32.